The highest BCUT2D eigenvalue weighted by atomic mass is 31.1. The van der Waals surface area contributed by atoms with E-state index in [4.69, 9.17) is 0 Å². The second-order valence-electron chi connectivity index (χ2n) is 3.67. The van der Waals surface area contributed by atoms with Gasteiger partial charge in [0.15, 0.2) is 0 Å². The lowest BCUT2D eigenvalue weighted by Crippen LogP contribution is -2.49. The maximum atomic E-state index is 11.1. The topological polar surface area (TPSA) is 66.8 Å². The molecule has 4 nitrogen and oxygen atoms in total. The van der Waals surface area contributed by atoms with Gasteiger partial charge >= 0.3 is 0 Å². The SMILES string of the molecule is C=CO[PH](=O)CC(C)(O)C(C)(C)O. The first kappa shape index (κ1) is 12.7. The van der Waals surface area contributed by atoms with Gasteiger partial charge in [0.25, 0.3) is 0 Å². The summed E-state index contributed by atoms with van der Waals surface area (Å²) in [6.07, 6.45) is 0.981. The Morgan fingerprint density at radius 1 is 1.46 bits per heavy atom. The Bertz CT molecular complexity index is 205. The van der Waals surface area contributed by atoms with Crippen LogP contribution in [0, 0.1) is 0 Å². The standard InChI is InChI=1S/C8H17O4P/c1-5-12-13(11)6-8(4,10)7(2,3)9/h5,9-10,13H,1,6H2,2-4H3. The third-order valence-electron chi connectivity index (χ3n) is 2.02. The molecule has 0 aromatic carbocycles. The summed E-state index contributed by atoms with van der Waals surface area (Å²) >= 11 is 0. The number of hydrogen-bond donors (Lipinski definition) is 2. The van der Waals surface area contributed by atoms with Crippen molar-refractivity contribution in [2.24, 2.45) is 0 Å². The van der Waals surface area contributed by atoms with E-state index in [2.05, 4.69) is 11.1 Å². The Balaban J connectivity index is 4.33. The van der Waals surface area contributed by atoms with Crippen LogP contribution in [-0.2, 0) is 9.09 Å². The Labute approximate surface area is 79.1 Å². The molecular weight excluding hydrogens is 191 g/mol. The molecule has 0 aliphatic rings. The van der Waals surface area contributed by atoms with Crippen molar-refractivity contribution in [1.29, 1.82) is 0 Å². The lowest BCUT2D eigenvalue weighted by atomic mass is 9.90. The van der Waals surface area contributed by atoms with Crippen LogP contribution in [0.2, 0.25) is 0 Å². The van der Waals surface area contributed by atoms with Crippen molar-refractivity contribution in [2.45, 2.75) is 32.0 Å². The van der Waals surface area contributed by atoms with Gasteiger partial charge in [-0.3, -0.25) is 4.57 Å². The van der Waals surface area contributed by atoms with Crippen LogP contribution in [-0.4, -0.2) is 27.6 Å². The van der Waals surface area contributed by atoms with E-state index < -0.39 is 19.2 Å². The summed E-state index contributed by atoms with van der Waals surface area (Å²) in [7, 11) is -2.36. The number of hydrogen-bond acceptors (Lipinski definition) is 4. The zero-order valence-corrected chi connectivity index (χ0v) is 9.20. The van der Waals surface area contributed by atoms with Crippen LogP contribution >= 0.6 is 8.03 Å². The Morgan fingerprint density at radius 3 is 2.23 bits per heavy atom. The minimum atomic E-state index is -2.36. The molecule has 0 aliphatic heterocycles. The third-order valence-corrected chi connectivity index (χ3v) is 3.43. The molecule has 0 saturated heterocycles. The zero-order chi connectivity index (χ0) is 10.7. The number of aliphatic hydroxyl groups is 2. The summed E-state index contributed by atoms with van der Waals surface area (Å²) in [5.74, 6) is 0. The molecule has 13 heavy (non-hydrogen) atoms. The van der Waals surface area contributed by atoms with Gasteiger partial charge in [0.1, 0.15) is 0 Å². The predicted octanol–water partition coefficient (Wildman–Crippen LogP) is 1.14. The van der Waals surface area contributed by atoms with Crippen LogP contribution in [0.25, 0.3) is 0 Å². The van der Waals surface area contributed by atoms with Crippen LogP contribution in [0.1, 0.15) is 20.8 Å². The molecule has 2 unspecified atom stereocenters. The molecule has 0 aromatic heterocycles. The van der Waals surface area contributed by atoms with Gasteiger partial charge in [-0.25, -0.2) is 0 Å². The molecule has 0 fully saturated rings. The monoisotopic (exact) mass is 208 g/mol. The highest BCUT2D eigenvalue weighted by molar-refractivity contribution is 7.39. The Morgan fingerprint density at radius 2 is 1.92 bits per heavy atom. The van der Waals surface area contributed by atoms with E-state index in [1.54, 1.807) is 0 Å². The fourth-order valence-corrected chi connectivity index (χ4v) is 1.90. The molecule has 78 valence electrons. The molecule has 0 saturated carbocycles. The van der Waals surface area contributed by atoms with Crippen molar-refractivity contribution in [3.8, 4) is 0 Å². The molecule has 0 bridgehead atoms. The van der Waals surface area contributed by atoms with E-state index in [9.17, 15) is 14.8 Å². The van der Waals surface area contributed by atoms with E-state index in [-0.39, 0.29) is 6.16 Å². The predicted molar refractivity (Wildman–Crippen MR) is 52.1 cm³/mol. The molecule has 0 aliphatic carbocycles. The highest BCUT2D eigenvalue weighted by Gasteiger charge is 2.39. The smallest absolute Gasteiger partial charge is 0.238 e. The van der Waals surface area contributed by atoms with Crippen LogP contribution in [0.3, 0.4) is 0 Å². The van der Waals surface area contributed by atoms with Gasteiger partial charge in [-0.1, -0.05) is 6.58 Å². The summed E-state index contributed by atoms with van der Waals surface area (Å²) in [5, 5.41) is 19.2. The van der Waals surface area contributed by atoms with Gasteiger partial charge in [-0.15, -0.1) is 0 Å². The quantitative estimate of drug-likeness (QED) is 0.525. The van der Waals surface area contributed by atoms with Crippen molar-refractivity contribution < 1.29 is 19.3 Å². The maximum Gasteiger partial charge on any atom is 0.238 e. The Kier molecular flexibility index (Phi) is 4.17. The fraction of sp³-hybridized carbons (Fsp3) is 0.750. The van der Waals surface area contributed by atoms with Crippen molar-refractivity contribution >= 4 is 8.03 Å². The van der Waals surface area contributed by atoms with Gasteiger partial charge in [0.2, 0.25) is 8.03 Å². The van der Waals surface area contributed by atoms with E-state index in [0.717, 1.165) is 6.26 Å². The lowest BCUT2D eigenvalue weighted by Gasteiger charge is -2.34. The van der Waals surface area contributed by atoms with E-state index in [1.807, 2.05) is 0 Å². The molecule has 0 radical (unpaired) electrons. The zero-order valence-electron chi connectivity index (χ0n) is 8.20. The first-order chi connectivity index (χ1) is 5.70. The summed E-state index contributed by atoms with van der Waals surface area (Å²) in [6, 6.07) is 0. The van der Waals surface area contributed by atoms with E-state index in [1.165, 1.54) is 20.8 Å². The summed E-state index contributed by atoms with van der Waals surface area (Å²) in [4.78, 5) is 0. The van der Waals surface area contributed by atoms with Crippen molar-refractivity contribution in [3.05, 3.63) is 12.8 Å². The second kappa shape index (κ2) is 4.27. The summed E-state index contributed by atoms with van der Waals surface area (Å²) < 4.78 is 15.7. The van der Waals surface area contributed by atoms with Crippen LogP contribution in [0.5, 0.6) is 0 Å². The minimum Gasteiger partial charge on any atom is -0.453 e. The average molecular weight is 208 g/mol. The van der Waals surface area contributed by atoms with Crippen molar-refractivity contribution in [2.75, 3.05) is 6.16 Å². The maximum absolute atomic E-state index is 11.1. The first-order valence-electron chi connectivity index (χ1n) is 3.96. The molecule has 0 amide bonds. The van der Waals surface area contributed by atoms with Gasteiger partial charge in [0.05, 0.1) is 23.6 Å². The molecule has 2 N–H and O–H groups in total. The summed E-state index contributed by atoms with van der Waals surface area (Å²) in [6.45, 7) is 7.58. The molecule has 0 rings (SSSR count). The van der Waals surface area contributed by atoms with Crippen molar-refractivity contribution in [1.82, 2.24) is 0 Å². The Hall–Kier alpha value is -0.310. The van der Waals surface area contributed by atoms with Gasteiger partial charge in [0, 0.05) is 0 Å². The molecule has 2 atom stereocenters. The van der Waals surface area contributed by atoms with Crippen LogP contribution < -0.4 is 0 Å². The van der Waals surface area contributed by atoms with Gasteiger partial charge < -0.3 is 14.7 Å². The second-order valence-corrected chi connectivity index (χ2v) is 5.00. The largest absolute Gasteiger partial charge is 0.453 e. The highest BCUT2D eigenvalue weighted by Crippen LogP contribution is 2.33. The number of rotatable bonds is 5. The van der Waals surface area contributed by atoms with E-state index >= 15 is 0 Å². The fourth-order valence-electron chi connectivity index (χ4n) is 0.632. The molecule has 0 aromatic rings. The average Bonchev–Trinajstić information content (AvgIpc) is 1.83. The van der Waals surface area contributed by atoms with Gasteiger partial charge in [-0.2, -0.15) is 0 Å². The van der Waals surface area contributed by atoms with Crippen LogP contribution in [0.4, 0.5) is 0 Å². The minimum absolute atomic E-state index is 0.0901. The van der Waals surface area contributed by atoms with Crippen molar-refractivity contribution in [3.63, 3.8) is 0 Å². The molecule has 0 heterocycles. The molecule has 5 heteroatoms. The molecular formula is C8H17O4P. The summed E-state index contributed by atoms with van der Waals surface area (Å²) in [5.41, 5.74) is -2.73. The van der Waals surface area contributed by atoms with E-state index in [0.29, 0.717) is 0 Å². The first-order valence-corrected chi connectivity index (χ1v) is 5.48. The molecule has 0 spiro atoms. The van der Waals surface area contributed by atoms with Crippen LogP contribution in [0.15, 0.2) is 12.8 Å². The lowest BCUT2D eigenvalue weighted by molar-refractivity contribution is -0.105. The van der Waals surface area contributed by atoms with Gasteiger partial charge in [-0.05, 0) is 20.8 Å². The normalized spacial score (nSPS) is 18.8. The third kappa shape index (κ3) is 3.94.